The van der Waals surface area contributed by atoms with Crippen molar-refractivity contribution in [2.24, 2.45) is 5.92 Å². The van der Waals surface area contributed by atoms with Crippen LogP contribution in [0.15, 0.2) is 18.2 Å². The minimum atomic E-state index is -0.371. The second-order valence-electron chi connectivity index (χ2n) is 4.96. The molecule has 0 heterocycles. The Morgan fingerprint density at radius 3 is 2.84 bits per heavy atom. The number of hydrogen-bond acceptors (Lipinski definition) is 4. The first-order valence-corrected chi connectivity index (χ1v) is 6.74. The summed E-state index contributed by atoms with van der Waals surface area (Å²) in [6.07, 6.45) is 5.09. The molecular weight excluding hydrogens is 244 g/mol. The molecule has 5 heteroatoms. The van der Waals surface area contributed by atoms with Crippen LogP contribution in [0.3, 0.4) is 0 Å². The Labute approximate surface area is 113 Å². The monoisotopic (exact) mass is 264 g/mol. The van der Waals surface area contributed by atoms with Crippen molar-refractivity contribution in [2.75, 3.05) is 19.0 Å². The molecule has 0 atom stereocenters. The molecule has 1 aromatic rings. The average Bonchev–Trinajstić information content (AvgIpc) is 2.35. The van der Waals surface area contributed by atoms with Crippen molar-refractivity contribution in [3.63, 3.8) is 0 Å². The molecule has 0 amide bonds. The van der Waals surface area contributed by atoms with E-state index in [1.165, 1.54) is 25.3 Å². The lowest BCUT2D eigenvalue weighted by Gasteiger charge is -2.24. The van der Waals surface area contributed by atoms with Crippen molar-refractivity contribution in [3.05, 3.63) is 33.9 Å². The fraction of sp³-hybridized carbons (Fsp3) is 0.571. The fourth-order valence-corrected chi connectivity index (χ4v) is 2.36. The summed E-state index contributed by atoms with van der Waals surface area (Å²) in [5.74, 6) is 0.828. The highest BCUT2D eigenvalue weighted by Gasteiger charge is 2.18. The first kappa shape index (κ1) is 13.8. The van der Waals surface area contributed by atoms with E-state index in [2.05, 4.69) is 5.32 Å². The molecule has 0 saturated heterocycles. The summed E-state index contributed by atoms with van der Waals surface area (Å²) in [4.78, 5) is 10.6. The highest BCUT2D eigenvalue weighted by Crippen LogP contribution is 2.30. The fourth-order valence-electron chi connectivity index (χ4n) is 2.36. The van der Waals surface area contributed by atoms with E-state index in [1.54, 1.807) is 13.1 Å². The Morgan fingerprint density at radius 1 is 1.47 bits per heavy atom. The van der Waals surface area contributed by atoms with Gasteiger partial charge >= 0.3 is 0 Å². The minimum absolute atomic E-state index is 0.0996. The second kappa shape index (κ2) is 6.52. The van der Waals surface area contributed by atoms with Gasteiger partial charge in [0.25, 0.3) is 5.69 Å². The number of nitrogens with one attached hydrogen (secondary N) is 1. The molecule has 1 aromatic carbocycles. The summed E-state index contributed by atoms with van der Waals surface area (Å²) in [7, 11) is 1.69. The first-order chi connectivity index (χ1) is 9.22. The summed E-state index contributed by atoms with van der Waals surface area (Å²) in [6, 6.07) is 5.06. The molecule has 1 N–H and O–H groups in total. The van der Waals surface area contributed by atoms with Crippen molar-refractivity contribution in [2.45, 2.75) is 32.3 Å². The molecule has 1 aliphatic carbocycles. The van der Waals surface area contributed by atoms with Crippen molar-refractivity contribution in [1.82, 2.24) is 0 Å². The molecule has 0 aromatic heterocycles. The van der Waals surface area contributed by atoms with Gasteiger partial charge in [0, 0.05) is 25.3 Å². The number of anilines is 1. The van der Waals surface area contributed by atoms with Crippen LogP contribution in [-0.2, 0) is 11.3 Å². The zero-order valence-corrected chi connectivity index (χ0v) is 11.2. The third-order valence-corrected chi connectivity index (χ3v) is 3.73. The van der Waals surface area contributed by atoms with Crippen LogP contribution in [0.5, 0.6) is 0 Å². The van der Waals surface area contributed by atoms with Crippen LogP contribution in [0.25, 0.3) is 0 Å². The summed E-state index contributed by atoms with van der Waals surface area (Å²) in [5.41, 5.74) is 1.49. The molecule has 5 nitrogen and oxygen atoms in total. The number of rotatable bonds is 7. The number of para-hydroxylation sites is 1. The number of benzene rings is 1. The van der Waals surface area contributed by atoms with Gasteiger partial charge in [0.05, 0.1) is 11.5 Å². The molecular formula is C14H20N2O3. The van der Waals surface area contributed by atoms with Crippen LogP contribution >= 0.6 is 0 Å². The van der Waals surface area contributed by atoms with E-state index in [-0.39, 0.29) is 10.6 Å². The standard InChI is InChI=1S/C14H20N2O3/c1-15-14-12(6-3-7-13(14)16(17)18)10-19-9-8-11-4-2-5-11/h3,6-7,11,15H,2,4-5,8-10H2,1H3. The SMILES string of the molecule is CNc1c(COCCC2CCC2)cccc1[N+](=O)[O-]. The summed E-state index contributed by atoms with van der Waals surface area (Å²) in [5, 5.41) is 13.8. The number of ether oxygens (including phenoxy) is 1. The Balaban J connectivity index is 1.91. The summed E-state index contributed by atoms with van der Waals surface area (Å²) in [6.45, 7) is 1.15. The Morgan fingerprint density at radius 2 is 2.26 bits per heavy atom. The van der Waals surface area contributed by atoms with E-state index in [9.17, 15) is 10.1 Å². The average molecular weight is 264 g/mol. The molecule has 0 spiro atoms. The molecule has 1 aliphatic rings. The molecule has 19 heavy (non-hydrogen) atoms. The lowest BCUT2D eigenvalue weighted by molar-refractivity contribution is -0.384. The molecule has 0 radical (unpaired) electrons. The molecule has 1 saturated carbocycles. The van der Waals surface area contributed by atoms with Gasteiger partial charge in [-0.25, -0.2) is 0 Å². The van der Waals surface area contributed by atoms with Crippen LogP contribution in [-0.4, -0.2) is 18.6 Å². The Hall–Kier alpha value is -1.62. The predicted molar refractivity (Wildman–Crippen MR) is 74.3 cm³/mol. The van der Waals surface area contributed by atoms with Gasteiger partial charge in [-0.3, -0.25) is 10.1 Å². The Bertz CT molecular complexity index is 444. The van der Waals surface area contributed by atoms with Gasteiger partial charge in [-0.15, -0.1) is 0 Å². The molecule has 2 rings (SSSR count). The van der Waals surface area contributed by atoms with Gasteiger partial charge in [-0.2, -0.15) is 0 Å². The van der Waals surface area contributed by atoms with Gasteiger partial charge in [0.15, 0.2) is 0 Å². The van der Waals surface area contributed by atoms with Gasteiger partial charge in [-0.1, -0.05) is 31.4 Å². The second-order valence-corrected chi connectivity index (χ2v) is 4.96. The lowest BCUT2D eigenvalue weighted by atomic mass is 9.83. The summed E-state index contributed by atoms with van der Waals surface area (Å²) >= 11 is 0. The van der Waals surface area contributed by atoms with E-state index in [0.717, 1.165) is 24.5 Å². The van der Waals surface area contributed by atoms with Crippen LogP contribution in [0.2, 0.25) is 0 Å². The number of nitro benzene ring substituents is 1. The number of nitro groups is 1. The van der Waals surface area contributed by atoms with E-state index in [4.69, 9.17) is 4.74 Å². The summed E-state index contributed by atoms with van der Waals surface area (Å²) < 4.78 is 5.64. The van der Waals surface area contributed by atoms with Gasteiger partial charge in [0.1, 0.15) is 5.69 Å². The smallest absolute Gasteiger partial charge is 0.292 e. The molecule has 1 fully saturated rings. The first-order valence-electron chi connectivity index (χ1n) is 6.74. The quantitative estimate of drug-likeness (QED) is 0.466. The third kappa shape index (κ3) is 3.44. The van der Waals surface area contributed by atoms with Gasteiger partial charge < -0.3 is 10.1 Å². The van der Waals surface area contributed by atoms with Crippen molar-refractivity contribution in [1.29, 1.82) is 0 Å². The molecule has 0 aliphatic heterocycles. The van der Waals surface area contributed by atoms with E-state index in [1.807, 2.05) is 6.07 Å². The maximum Gasteiger partial charge on any atom is 0.292 e. The topological polar surface area (TPSA) is 64.4 Å². The molecule has 104 valence electrons. The van der Waals surface area contributed by atoms with E-state index < -0.39 is 0 Å². The minimum Gasteiger partial charge on any atom is -0.382 e. The van der Waals surface area contributed by atoms with Crippen molar-refractivity contribution in [3.8, 4) is 0 Å². The zero-order valence-electron chi connectivity index (χ0n) is 11.2. The normalized spacial score (nSPS) is 15.0. The maximum atomic E-state index is 10.9. The predicted octanol–water partition coefficient (Wildman–Crippen LogP) is 3.34. The number of nitrogens with zero attached hydrogens (tertiary/aromatic N) is 1. The largest absolute Gasteiger partial charge is 0.382 e. The van der Waals surface area contributed by atoms with Gasteiger partial charge in [0.2, 0.25) is 0 Å². The zero-order chi connectivity index (χ0) is 13.7. The Kier molecular flexibility index (Phi) is 4.74. The molecule has 0 unspecified atom stereocenters. The van der Waals surface area contributed by atoms with Crippen molar-refractivity contribution < 1.29 is 9.66 Å². The highest BCUT2D eigenvalue weighted by molar-refractivity contribution is 5.65. The van der Waals surface area contributed by atoms with Crippen LogP contribution in [0.4, 0.5) is 11.4 Å². The highest BCUT2D eigenvalue weighted by atomic mass is 16.6. The van der Waals surface area contributed by atoms with Crippen LogP contribution < -0.4 is 5.32 Å². The van der Waals surface area contributed by atoms with E-state index >= 15 is 0 Å². The van der Waals surface area contributed by atoms with Crippen molar-refractivity contribution >= 4 is 11.4 Å². The van der Waals surface area contributed by atoms with E-state index in [0.29, 0.717) is 12.3 Å². The van der Waals surface area contributed by atoms with Gasteiger partial charge in [-0.05, 0) is 12.3 Å². The molecule has 0 bridgehead atoms. The van der Waals surface area contributed by atoms with Crippen LogP contribution in [0, 0.1) is 16.0 Å². The number of hydrogen-bond donors (Lipinski definition) is 1. The third-order valence-electron chi connectivity index (χ3n) is 3.73. The lowest BCUT2D eigenvalue weighted by Crippen LogP contribution is -2.13. The maximum absolute atomic E-state index is 10.9. The van der Waals surface area contributed by atoms with Crippen LogP contribution in [0.1, 0.15) is 31.2 Å².